The molecule has 2 N–H and O–H groups in total. The molecular weight excluding hydrogens is 290 g/mol. The lowest BCUT2D eigenvalue weighted by molar-refractivity contribution is -0.144. The van der Waals surface area contributed by atoms with Crippen LogP contribution < -0.4 is 5.32 Å². The Morgan fingerprint density at radius 3 is 2.19 bits per heavy atom. The van der Waals surface area contributed by atoms with Gasteiger partial charge in [0.05, 0.1) is 12.0 Å². The van der Waals surface area contributed by atoms with Crippen LogP contribution >= 0.6 is 11.6 Å². The average Bonchev–Trinajstić information content (AvgIpc) is 2.47. The number of amides is 1. The van der Waals surface area contributed by atoms with Crippen molar-refractivity contribution in [1.29, 1.82) is 0 Å². The van der Waals surface area contributed by atoms with Gasteiger partial charge in [-0.25, -0.2) is 0 Å². The van der Waals surface area contributed by atoms with E-state index in [4.69, 9.17) is 16.7 Å². The summed E-state index contributed by atoms with van der Waals surface area (Å²) in [4.78, 5) is 23.2. The fraction of sp³-hybridized carbons (Fsp3) is 0.500. The molecule has 1 unspecified atom stereocenters. The zero-order chi connectivity index (χ0) is 15.4. The van der Waals surface area contributed by atoms with Gasteiger partial charge >= 0.3 is 5.97 Å². The standard InChI is InChI=1S/C16H20ClNO3/c1-10(11-6-8-14(17)9-7-11)18-15(19)12-2-4-13(5-3-12)16(20)21/h6-10,12-13H,2-5H2,1H3,(H,18,19)(H,20,21). The van der Waals surface area contributed by atoms with E-state index < -0.39 is 5.97 Å². The van der Waals surface area contributed by atoms with Gasteiger partial charge in [0.25, 0.3) is 0 Å². The first-order chi connectivity index (χ1) is 9.97. The van der Waals surface area contributed by atoms with E-state index in [0.717, 1.165) is 5.56 Å². The van der Waals surface area contributed by atoms with Crippen molar-refractivity contribution in [3.8, 4) is 0 Å². The maximum atomic E-state index is 12.2. The molecular formula is C16H20ClNO3. The lowest BCUT2D eigenvalue weighted by Gasteiger charge is -2.26. The van der Waals surface area contributed by atoms with E-state index >= 15 is 0 Å². The van der Waals surface area contributed by atoms with E-state index in [0.29, 0.717) is 30.7 Å². The molecule has 2 rings (SSSR count). The molecule has 0 saturated heterocycles. The summed E-state index contributed by atoms with van der Waals surface area (Å²) in [5.41, 5.74) is 1.01. The van der Waals surface area contributed by atoms with Gasteiger partial charge in [0.1, 0.15) is 0 Å². The van der Waals surface area contributed by atoms with E-state index in [9.17, 15) is 9.59 Å². The second-order valence-corrected chi connectivity index (χ2v) is 6.11. The average molecular weight is 310 g/mol. The topological polar surface area (TPSA) is 66.4 Å². The molecule has 1 aliphatic carbocycles. The molecule has 1 aromatic rings. The number of carboxylic acids is 1. The fourth-order valence-corrected chi connectivity index (χ4v) is 2.89. The van der Waals surface area contributed by atoms with Crippen LogP contribution in [0.1, 0.15) is 44.2 Å². The predicted molar refractivity (Wildman–Crippen MR) is 81.1 cm³/mol. The van der Waals surface area contributed by atoms with Gasteiger partial charge in [-0.05, 0) is 50.3 Å². The second kappa shape index (κ2) is 6.94. The largest absolute Gasteiger partial charge is 0.481 e. The number of hydrogen-bond acceptors (Lipinski definition) is 2. The van der Waals surface area contributed by atoms with Gasteiger partial charge < -0.3 is 10.4 Å². The first-order valence-corrected chi connectivity index (χ1v) is 7.64. The van der Waals surface area contributed by atoms with Gasteiger partial charge in [0.15, 0.2) is 0 Å². The zero-order valence-electron chi connectivity index (χ0n) is 12.0. The van der Waals surface area contributed by atoms with Gasteiger partial charge in [0.2, 0.25) is 5.91 Å². The van der Waals surface area contributed by atoms with Crippen LogP contribution in [0.15, 0.2) is 24.3 Å². The highest BCUT2D eigenvalue weighted by Crippen LogP contribution is 2.29. The summed E-state index contributed by atoms with van der Waals surface area (Å²) in [5, 5.41) is 12.6. The highest BCUT2D eigenvalue weighted by molar-refractivity contribution is 6.30. The second-order valence-electron chi connectivity index (χ2n) is 5.67. The van der Waals surface area contributed by atoms with Crippen molar-refractivity contribution in [2.24, 2.45) is 11.8 Å². The van der Waals surface area contributed by atoms with Crippen molar-refractivity contribution in [2.45, 2.75) is 38.6 Å². The SMILES string of the molecule is CC(NC(=O)C1CCC(C(=O)O)CC1)c1ccc(Cl)cc1. The summed E-state index contributed by atoms with van der Waals surface area (Å²) in [6, 6.07) is 7.32. The molecule has 0 heterocycles. The maximum absolute atomic E-state index is 12.2. The van der Waals surface area contributed by atoms with E-state index in [-0.39, 0.29) is 23.8 Å². The maximum Gasteiger partial charge on any atom is 0.306 e. The molecule has 1 amide bonds. The van der Waals surface area contributed by atoms with Crippen molar-refractivity contribution in [3.63, 3.8) is 0 Å². The normalized spacial score (nSPS) is 23.3. The number of halogens is 1. The first-order valence-electron chi connectivity index (χ1n) is 7.26. The van der Waals surface area contributed by atoms with Gasteiger partial charge in [0, 0.05) is 10.9 Å². The van der Waals surface area contributed by atoms with E-state index in [1.165, 1.54) is 0 Å². The summed E-state index contributed by atoms with van der Waals surface area (Å²) >= 11 is 5.85. The molecule has 1 atom stereocenters. The molecule has 0 radical (unpaired) electrons. The van der Waals surface area contributed by atoms with Crippen LogP contribution in [0.4, 0.5) is 0 Å². The van der Waals surface area contributed by atoms with Crippen LogP contribution in [0.25, 0.3) is 0 Å². The van der Waals surface area contributed by atoms with Gasteiger partial charge in [-0.2, -0.15) is 0 Å². The van der Waals surface area contributed by atoms with E-state index in [2.05, 4.69) is 5.32 Å². The number of aliphatic carboxylic acids is 1. The first kappa shape index (κ1) is 15.8. The Hall–Kier alpha value is -1.55. The third-order valence-corrected chi connectivity index (χ3v) is 4.43. The Balaban J connectivity index is 1.87. The zero-order valence-corrected chi connectivity index (χ0v) is 12.8. The molecule has 4 nitrogen and oxygen atoms in total. The minimum absolute atomic E-state index is 0.0151. The van der Waals surface area contributed by atoms with Crippen LogP contribution in [-0.4, -0.2) is 17.0 Å². The highest BCUT2D eigenvalue weighted by Gasteiger charge is 2.30. The smallest absolute Gasteiger partial charge is 0.306 e. The number of benzene rings is 1. The van der Waals surface area contributed by atoms with Crippen LogP contribution in [0.2, 0.25) is 5.02 Å². The van der Waals surface area contributed by atoms with Crippen LogP contribution in [0, 0.1) is 11.8 Å². The Labute approximate surface area is 129 Å². The lowest BCUT2D eigenvalue weighted by Crippen LogP contribution is -2.35. The van der Waals surface area contributed by atoms with Crippen molar-refractivity contribution in [1.82, 2.24) is 5.32 Å². The fourth-order valence-electron chi connectivity index (χ4n) is 2.77. The molecule has 0 aliphatic heterocycles. The Kier molecular flexibility index (Phi) is 5.23. The predicted octanol–water partition coefficient (Wildman–Crippen LogP) is 3.41. The third kappa shape index (κ3) is 4.21. The molecule has 1 fully saturated rings. The molecule has 1 aromatic carbocycles. The summed E-state index contributed by atoms with van der Waals surface area (Å²) in [6.45, 7) is 1.93. The summed E-state index contributed by atoms with van der Waals surface area (Å²) in [6.07, 6.45) is 2.47. The number of carboxylic acid groups (broad SMARTS) is 1. The summed E-state index contributed by atoms with van der Waals surface area (Å²) in [5.74, 6) is -1.09. The molecule has 1 aliphatic rings. The van der Waals surface area contributed by atoms with E-state index in [1.807, 2.05) is 19.1 Å². The Morgan fingerprint density at radius 2 is 1.67 bits per heavy atom. The minimum Gasteiger partial charge on any atom is -0.481 e. The lowest BCUT2D eigenvalue weighted by atomic mass is 9.81. The number of nitrogens with one attached hydrogen (secondary N) is 1. The molecule has 0 spiro atoms. The van der Waals surface area contributed by atoms with Crippen molar-refractivity contribution in [3.05, 3.63) is 34.9 Å². The van der Waals surface area contributed by atoms with Crippen LogP contribution in [0.5, 0.6) is 0 Å². The van der Waals surface area contributed by atoms with Crippen LogP contribution in [0.3, 0.4) is 0 Å². The van der Waals surface area contributed by atoms with Crippen molar-refractivity contribution in [2.75, 3.05) is 0 Å². The molecule has 0 bridgehead atoms. The number of hydrogen-bond donors (Lipinski definition) is 2. The monoisotopic (exact) mass is 309 g/mol. The van der Waals surface area contributed by atoms with Gasteiger partial charge in [-0.15, -0.1) is 0 Å². The quantitative estimate of drug-likeness (QED) is 0.895. The molecule has 5 heteroatoms. The minimum atomic E-state index is -0.747. The number of carbonyl (C=O) groups is 2. The Morgan fingerprint density at radius 1 is 1.14 bits per heavy atom. The van der Waals surface area contributed by atoms with Crippen LogP contribution in [-0.2, 0) is 9.59 Å². The molecule has 114 valence electrons. The Bertz CT molecular complexity index is 507. The van der Waals surface area contributed by atoms with Crippen molar-refractivity contribution >= 4 is 23.5 Å². The molecule has 0 aromatic heterocycles. The third-order valence-electron chi connectivity index (χ3n) is 4.18. The highest BCUT2D eigenvalue weighted by atomic mass is 35.5. The number of carbonyl (C=O) groups excluding carboxylic acids is 1. The summed E-state index contributed by atoms with van der Waals surface area (Å²) in [7, 11) is 0. The van der Waals surface area contributed by atoms with E-state index in [1.54, 1.807) is 12.1 Å². The number of rotatable bonds is 4. The van der Waals surface area contributed by atoms with Crippen molar-refractivity contribution < 1.29 is 14.7 Å². The van der Waals surface area contributed by atoms with Gasteiger partial charge in [-0.1, -0.05) is 23.7 Å². The summed E-state index contributed by atoms with van der Waals surface area (Å²) < 4.78 is 0. The molecule has 21 heavy (non-hydrogen) atoms. The van der Waals surface area contributed by atoms with Gasteiger partial charge in [-0.3, -0.25) is 9.59 Å². The molecule has 1 saturated carbocycles.